The summed E-state index contributed by atoms with van der Waals surface area (Å²) >= 11 is 0. The second-order valence-electron chi connectivity index (χ2n) is 5.99. The Bertz CT molecular complexity index is 582. The third-order valence-corrected chi connectivity index (χ3v) is 3.89. The van der Waals surface area contributed by atoms with E-state index in [9.17, 15) is 4.79 Å². The third-order valence-electron chi connectivity index (χ3n) is 3.89. The number of benzene rings is 1. The van der Waals surface area contributed by atoms with E-state index in [2.05, 4.69) is 27.0 Å². The van der Waals surface area contributed by atoms with E-state index < -0.39 is 0 Å². The zero-order valence-electron chi connectivity index (χ0n) is 14.8. The minimum Gasteiger partial charge on any atom is -0.496 e. The van der Waals surface area contributed by atoms with E-state index in [1.165, 1.54) is 0 Å². The SMILES string of the molecule is CCNC(=NCc1ccc(OC)c(C)c1)NCCNC(=O)C1CC1. The van der Waals surface area contributed by atoms with Crippen LogP contribution in [-0.2, 0) is 11.3 Å². The molecule has 132 valence electrons. The molecule has 0 spiro atoms. The summed E-state index contributed by atoms with van der Waals surface area (Å²) in [4.78, 5) is 16.2. The number of aryl methyl sites for hydroxylation is 1. The van der Waals surface area contributed by atoms with Gasteiger partial charge in [-0.1, -0.05) is 12.1 Å². The van der Waals surface area contributed by atoms with Crippen LogP contribution in [0.4, 0.5) is 0 Å². The van der Waals surface area contributed by atoms with Gasteiger partial charge < -0.3 is 20.7 Å². The predicted octanol–water partition coefficient (Wildman–Crippen LogP) is 1.58. The molecule has 0 bridgehead atoms. The first-order valence-electron chi connectivity index (χ1n) is 8.57. The van der Waals surface area contributed by atoms with Crippen molar-refractivity contribution in [3.8, 4) is 5.75 Å². The lowest BCUT2D eigenvalue weighted by Crippen LogP contribution is -2.41. The van der Waals surface area contributed by atoms with E-state index in [1.807, 2.05) is 26.0 Å². The smallest absolute Gasteiger partial charge is 0.223 e. The summed E-state index contributed by atoms with van der Waals surface area (Å²) < 4.78 is 5.28. The Kier molecular flexibility index (Phi) is 6.90. The number of methoxy groups -OCH3 is 1. The number of ether oxygens (including phenoxy) is 1. The number of hydrogen-bond donors (Lipinski definition) is 3. The Morgan fingerprint density at radius 3 is 2.62 bits per heavy atom. The zero-order chi connectivity index (χ0) is 17.4. The van der Waals surface area contributed by atoms with Crippen molar-refractivity contribution >= 4 is 11.9 Å². The fourth-order valence-electron chi connectivity index (χ4n) is 2.41. The van der Waals surface area contributed by atoms with Crippen LogP contribution in [0.5, 0.6) is 5.75 Å². The Labute approximate surface area is 144 Å². The fourth-order valence-corrected chi connectivity index (χ4v) is 2.41. The van der Waals surface area contributed by atoms with Crippen LogP contribution in [-0.4, -0.2) is 38.6 Å². The molecule has 1 aromatic carbocycles. The number of guanidine groups is 1. The van der Waals surface area contributed by atoms with Crippen LogP contribution in [0.1, 0.15) is 30.9 Å². The van der Waals surface area contributed by atoms with E-state index in [0.29, 0.717) is 19.6 Å². The van der Waals surface area contributed by atoms with Crippen LogP contribution in [0.2, 0.25) is 0 Å². The molecule has 1 aromatic rings. The maximum absolute atomic E-state index is 11.6. The van der Waals surface area contributed by atoms with Gasteiger partial charge in [-0.2, -0.15) is 0 Å². The summed E-state index contributed by atoms with van der Waals surface area (Å²) in [7, 11) is 1.68. The van der Waals surface area contributed by atoms with Crippen LogP contribution in [0.15, 0.2) is 23.2 Å². The summed E-state index contributed by atoms with van der Waals surface area (Å²) in [5, 5.41) is 9.39. The second-order valence-corrected chi connectivity index (χ2v) is 5.99. The first-order chi connectivity index (χ1) is 11.6. The fraction of sp³-hybridized carbons (Fsp3) is 0.556. The van der Waals surface area contributed by atoms with Crippen molar-refractivity contribution in [2.24, 2.45) is 10.9 Å². The number of aliphatic imine (C=N–C) groups is 1. The minimum atomic E-state index is 0.174. The molecular weight excluding hydrogens is 304 g/mol. The molecule has 2 rings (SSSR count). The maximum Gasteiger partial charge on any atom is 0.223 e. The number of hydrogen-bond acceptors (Lipinski definition) is 3. The van der Waals surface area contributed by atoms with Crippen molar-refractivity contribution in [2.45, 2.75) is 33.2 Å². The third kappa shape index (κ3) is 5.76. The van der Waals surface area contributed by atoms with E-state index >= 15 is 0 Å². The average Bonchev–Trinajstić information content (AvgIpc) is 3.41. The Balaban J connectivity index is 1.80. The second kappa shape index (κ2) is 9.15. The van der Waals surface area contributed by atoms with E-state index in [4.69, 9.17) is 4.74 Å². The van der Waals surface area contributed by atoms with Gasteiger partial charge in [0.1, 0.15) is 5.75 Å². The van der Waals surface area contributed by atoms with Crippen molar-refractivity contribution < 1.29 is 9.53 Å². The normalized spacial score (nSPS) is 14.2. The van der Waals surface area contributed by atoms with Gasteiger partial charge in [0.05, 0.1) is 13.7 Å². The standard InChI is InChI=1S/C18H28N4O2/c1-4-19-18(21-10-9-20-17(23)15-6-7-15)22-12-14-5-8-16(24-3)13(2)11-14/h5,8,11,15H,4,6-7,9-10,12H2,1-3H3,(H,20,23)(H2,19,21,22). The molecule has 6 heteroatoms. The Morgan fingerprint density at radius 2 is 2.00 bits per heavy atom. The van der Waals surface area contributed by atoms with Crippen LogP contribution >= 0.6 is 0 Å². The molecule has 0 unspecified atom stereocenters. The summed E-state index contributed by atoms with van der Waals surface area (Å²) in [5.74, 6) is 2.07. The quantitative estimate of drug-likeness (QED) is 0.384. The predicted molar refractivity (Wildman–Crippen MR) is 96.3 cm³/mol. The monoisotopic (exact) mass is 332 g/mol. The average molecular weight is 332 g/mol. The van der Waals surface area contributed by atoms with Crippen molar-refractivity contribution in [3.05, 3.63) is 29.3 Å². The summed E-state index contributed by atoms with van der Waals surface area (Å²) in [6.45, 7) is 6.71. The highest BCUT2D eigenvalue weighted by Crippen LogP contribution is 2.28. The first kappa shape index (κ1) is 18.1. The molecule has 1 fully saturated rings. The highest BCUT2D eigenvalue weighted by Gasteiger charge is 2.28. The molecule has 0 aliphatic heterocycles. The lowest BCUT2D eigenvalue weighted by Gasteiger charge is -2.12. The van der Waals surface area contributed by atoms with Gasteiger partial charge in [0, 0.05) is 25.6 Å². The number of amides is 1. The molecular formula is C18H28N4O2. The Morgan fingerprint density at radius 1 is 1.25 bits per heavy atom. The number of nitrogens with one attached hydrogen (secondary N) is 3. The Hall–Kier alpha value is -2.24. The summed E-state index contributed by atoms with van der Waals surface area (Å²) in [5.41, 5.74) is 2.23. The molecule has 1 aliphatic rings. The lowest BCUT2D eigenvalue weighted by atomic mass is 10.1. The number of carbonyl (C=O) groups is 1. The molecule has 0 radical (unpaired) electrons. The van der Waals surface area contributed by atoms with Gasteiger partial charge >= 0.3 is 0 Å². The number of carbonyl (C=O) groups excluding carboxylic acids is 1. The van der Waals surface area contributed by atoms with E-state index in [1.54, 1.807) is 7.11 Å². The van der Waals surface area contributed by atoms with Crippen LogP contribution in [0.3, 0.4) is 0 Å². The summed E-state index contributed by atoms with van der Waals surface area (Å²) in [6, 6.07) is 6.07. The van der Waals surface area contributed by atoms with Gasteiger partial charge in [-0.25, -0.2) is 4.99 Å². The van der Waals surface area contributed by atoms with Gasteiger partial charge in [0.2, 0.25) is 5.91 Å². The van der Waals surface area contributed by atoms with Gasteiger partial charge in [-0.3, -0.25) is 4.79 Å². The first-order valence-corrected chi connectivity index (χ1v) is 8.57. The van der Waals surface area contributed by atoms with Crippen molar-refractivity contribution in [3.63, 3.8) is 0 Å². The molecule has 1 amide bonds. The molecule has 24 heavy (non-hydrogen) atoms. The highest BCUT2D eigenvalue weighted by atomic mass is 16.5. The van der Waals surface area contributed by atoms with Crippen molar-refractivity contribution in [2.75, 3.05) is 26.7 Å². The van der Waals surface area contributed by atoms with Crippen LogP contribution in [0.25, 0.3) is 0 Å². The minimum absolute atomic E-state index is 0.174. The van der Waals surface area contributed by atoms with Gasteiger partial charge in [-0.05, 0) is 43.9 Å². The molecule has 3 N–H and O–H groups in total. The largest absolute Gasteiger partial charge is 0.496 e. The molecule has 6 nitrogen and oxygen atoms in total. The van der Waals surface area contributed by atoms with E-state index in [0.717, 1.165) is 42.2 Å². The van der Waals surface area contributed by atoms with E-state index in [-0.39, 0.29) is 11.8 Å². The topological polar surface area (TPSA) is 74.8 Å². The van der Waals surface area contributed by atoms with Crippen LogP contribution in [0, 0.1) is 12.8 Å². The van der Waals surface area contributed by atoms with Crippen LogP contribution < -0.4 is 20.7 Å². The van der Waals surface area contributed by atoms with Crippen molar-refractivity contribution in [1.82, 2.24) is 16.0 Å². The van der Waals surface area contributed by atoms with Gasteiger partial charge in [0.15, 0.2) is 5.96 Å². The molecule has 0 aromatic heterocycles. The van der Waals surface area contributed by atoms with Crippen molar-refractivity contribution in [1.29, 1.82) is 0 Å². The highest BCUT2D eigenvalue weighted by molar-refractivity contribution is 5.81. The molecule has 1 saturated carbocycles. The number of nitrogens with zero attached hydrogens (tertiary/aromatic N) is 1. The summed E-state index contributed by atoms with van der Waals surface area (Å²) in [6.07, 6.45) is 2.06. The van der Waals surface area contributed by atoms with Gasteiger partial charge in [-0.15, -0.1) is 0 Å². The lowest BCUT2D eigenvalue weighted by molar-refractivity contribution is -0.122. The number of rotatable bonds is 8. The molecule has 0 saturated heterocycles. The molecule has 1 aliphatic carbocycles. The maximum atomic E-state index is 11.6. The molecule has 0 heterocycles. The van der Waals surface area contributed by atoms with Gasteiger partial charge in [0.25, 0.3) is 0 Å². The molecule has 0 atom stereocenters. The zero-order valence-corrected chi connectivity index (χ0v) is 14.8.